The first-order valence-corrected chi connectivity index (χ1v) is 6.27. The van der Waals surface area contributed by atoms with Crippen molar-refractivity contribution in [2.45, 2.75) is 39.3 Å². The summed E-state index contributed by atoms with van der Waals surface area (Å²) in [6.45, 7) is 8.05. The van der Waals surface area contributed by atoms with Crippen LogP contribution >= 0.6 is 0 Å². The van der Waals surface area contributed by atoms with Crippen molar-refractivity contribution >= 4 is 5.96 Å². The second kappa shape index (κ2) is 6.40. The third kappa shape index (κ3) is 6.25. The number of benzene rings is 1. The number of nitrogens with two attached hydrogens (primary N) is 1. The van der Waals surface area contributed by atoms with Gasteiger partial charge in [-0.2, -0.15) is 0 Å². The highest BCUT2D eigenvalue weighted by atomic mass is 15.0. The van der Waals surface area contributed by atoms with E-state index in [0.717, 1.165) is 13.0 Å². The van der Waals surface area contributed by atoms with Crippen molar-refractivity contribution in [3.05, 3.63) is 35.4 Å². The molecule has 1 aromatic carbocycles. The van der Waals surface area contributed by atoms with Gasteiger partial charge in [0.05, 0.1) is 0 Å². The molecule has 0 aliphatic heterocycles. The zero-order valence-electron chi connectivity index (χ0n) is 11.5. The van der Waals surface area contributed by atoms with Crippen LogP contribution < -0.4 is 16.4 Å². The summed E-state index contributed by atoms with van der Waals surface area (Å²) in [5.41, 5.74) is 7.92. The Balaban J connectivity index is 2.49. The Morgan fingerprint density at radius 1 is 1.28 bits per heavy atom. The lowest BCUT2D eigenvalue weighted by atomic mass is 10.1. The highest BCUT2D eigenvalue weighted by Gasteiger charge is 2.08. The summed E-state index contributed by atoms with van der Waals surface area (Å²) in [4.78, 5) is 0. The second-order valence-corrected chi connectivity index (χ2v) is 5.51. The molecule has 4 nitrogen and oxygen atoms in total. The molecule has 0 saturated heterocycles. The van der Waals surface area contributed by atoms with Crippen molar-refractivity contribution in [1.82, 2.24) is 10.6 Å². The van der Waals surface area contributed by atoms with Crippen LogP contribution in [0.25, 0.3) is 0 Å². The summed E-state index contributed by atoms with van der Waals surface area (Å²) in [5, 5.41) is 13.4. The number of hydrogen-bond donors (Lipinski definition) is 4. The molecule has 1 aromatic rings. The Kier molecular flexibility index (Phi) is 5.16. The number of guanidine groups is 1. The fraction of sp³-hybridized carbons (Fsp3) is 0.500. The van der Waals surface area contributed by atoms with Crippen molar-refractivity contribution in [3.63, 3.8) is 0 Å². The van der Waals surface area contributed by atoms with E-state index in [1.54, 1.807) is 0 Å². The summed E-state index contributed by atoms with van der Waals surface area (Å²) in [7, 11) is 0. The molecule has 0 aliphatic carbocycles. The molecule has 0 aliphatic rings. The summed E-state index contributed by atoms with van der Waals surface area (Å²) in [6.07, 6.45) is 0.878. The fourth-order valence-corrected chi connectivity index (χ4v) is 1.60. The topological polar surface area (TPSA) is 73.9 Å². The molecule has 0 fully saturated rings. The van der Waals surface area contributed by atoms with Gasteiger partial charge in [-0.25, -0.2) is 0 Å². The zero-order valence-corrected chi connectivity index (χ0v) is 11.5. The van der Waals surface area contributed by atoms with Crippen molar-refractivity contribution in [2.75, 3.05) is 6.54 Å². The number of nitrogens with one attached hydrogen (secondary N) is 3. The minimum atomic E-state index is 0.0283. The number of hydrogen-bond acceptors (Lipinski definition) is 2. The molecule has 1 rings (SSSR count). The molecule has 0 bridgehead atoms. The van der Waals surface area contributed by atoms with E-state index in [2.05, 4.69) is 55.7 Å². The lowest BCUT2D eigenvalue weighted by Crippen LogP contribution is -2.35. The van der Waals surface area contributed by atoms with Gasteiger partial charge < -0.3 is 16.4 Å². The molecule has 0 heterocycles. The Labute approximate surface area is 109 Å². The SMILES string of the molecule is CC(C)(C)NCc1cccc(CCNC(=N)N)c1. The molecule has 18 heavy (non-hydrogen) atoms. The number of rotatable bonds is 5. The van der Waals surface area contributed by atoms with Gasteiger partial charge in [0.2, 0.25) is 0 Å². The molecule has 0 atom stereocenters. The molecule has 100 valence electrons. The predicted molar refractivity (Wildman–Crippen MR) is 76.7 cm³/mol. The molecule has 5 N–H and O–H groups in total. The monoisotopic (exact) mass is 248 g/mol. The summed E-state index contributed by atoms with van der Waals surface area (Å²) in [5.74, 6) is 0.0283. The van der Waals surface area contributed by atoms with Crippen LogP contribution in [0.1, 0.15) is 31.9 Å². The average Bonchev–Trinajstić information content (AvgIpc) is 2.26. The van der Waals surface area contributed by atoms with Crippen molar-refractivity contribution in [2.24, 2.45) is 5.73 Å². The largest absolute Gasteiger partial charge is 0.370 e. The summed E-state index contributed by atoms with van der Waals surface area (Å²) >= 11 is 0. The standard InChI is InChI=1S/C14H24N4/c1-14(2,3)18-10-12-6-4-5-11(9-12)7-8-17-13(15)16/h4-6,9,18H,7-8,10H2,1-3H3,(H4,15,16,17). The van der Waals surface area contributed by atoms with Crippen molar-refractivity contribution in [1.29, 1.82) is 5.41 Å². The van der Waals surface area contributed by atoms with Gasteiger partial charge in [0, 0.05) is 18.6 Å². The van der Waals surface area contributed by atoms with Gasteiger partial charge in [0.1, 0.15) is 0 Å². The van der Waals surface area contributed by atoms with E-state index in [9.17, 15) is 0 Å². The van der Waals surface area contributed by atoms with Gasteiger partial charge in [-0.05, 0) is 38.3 Å². The summed E-state index contributed by atoms with van der Waals surface area (Å²) < 4.78 is 0. The minimum absolute atomic E-state index is 0.0283. The third-order valence-corrected chi connectivity index (χ3v) is 2.54. The molecule has 0 radical (unpaired) electrons. The third-order valence-electron chi connectivity index (χ3n) is 2.54. The van der Waals surface area contributed by atoms with Crippen LogP contribution in [0.15, 0.2) is 24.3 Å². The minimum Gasteiger partial charge on any atom is -0.370 e. The average molecular weight is 248 g/mol. The highest BCUT2D eigenvalue weighted by molar-refractivity contribution is 5.74. The van der Waals surface area contributed by atoms with E-state index in [-0.39, 0.29) is 11.5 Å². The van der Waals surface area contributed by atoms with Crippen LogP contribution in [0, 0.1) is 5.41 Å². The first kappa shape index (κ1) is 14.5. The van der Waals surface area contributed by atoms with Gasteiger partial charge in [-0.3, -0.25) is 5.41 Å². The lowest BCUT2D eigenvalue weighted by molar-refractivity contribution is 0.424. The fourth-order valence-electron chi connectivity index (χ4n) is 1.60. The Morgan fingerprint density at radius 2 is 1.94 bits per heavy atom. The molecule has 0 saturated carbocycles. The van der Waals surface area contributed by atoms with Crippen LogP contribution in [0.5, 0.6) is 0 Å². The van der Waals surface area contributed by atoms with E-state index >= 15 is 0 Å². The van der Waals surface area contributed by atoms with E-state index in [0.29, 0.717) is 6.54 Å². The van der Waals surface area contributed by atoms with Gasteiger partial charge in [-0.15, -0.1) is 0 Å². The Morgan fingerprint density at radius 3 is 2.56 bits per heavy atom. The normalized spacial score (nSPS) is 11.3. The van der Waals surface area contributed by atoms with Crippen LogP contribution in [0.2, 0.25) is 0 Å². The van der Waals surface area contributed by atoms with Crippen LogP contribution in [0.3, 0.4) is 0 Å². The predicted octanol–water partition coefficient (Wildman–Crippen LogP) is 1.60. The molecule has 0 amide bonds. The first-order valence-electron chi connectivity index (χ1n) is 6.27. The van der Waals surface area contributed by atoms with Crippen molar-refractivity contribution < 1.29 is 0 Å². The van der Waals surface area contributed by atoms with Gasteiger partial charge >= 0.3 is 0 Å². The summed E-state index contributed by atoms with van der Waals surface area (Å²) in [6, 6.07) is 8.49. The highest BCUT2D eigenvalue weighted by Crippen LogP contribution is 2.08. The molecule has 0 spiro atoms. The molecule has 0 unspecified atom stereocenters. The van der Waals surface area contributed by atoms with Gasteiger partial charge in [-0.1, -0.05) is 24.3 Å². The van der Waals surface area contributed by atoms with Crippen LogP contribution in [-0.2, 0) is 13.0 Å². The van der Waals surface area contributed by atoms with Gasteiger partial charge in [0.25, 0.3) is 0 Å². The maximum absolute atomic E-state index is 7.09. The first-order chi connectivity index (χ1) is 8.37. The smallest absolute Gasteiger partial charge is 0.185 e. The Bertz CT molecular complexity index is 393. The Hall–Kier alpha value is -1.55. The van der Waals surface area contributed by atoms with Crippen LogP contribution in [-0.4, -0.2) is 18.0 Å². The molecular formula is C14H24N4. The van der Waals surface area contributed by atoms with Crippen molar-refractivity contribution in [3.8, 4) is 0 Å². The molecule has 4 heteroatoms. The maximum atomic E-state index is 7.09. The molecule has 0 aromatic heterocycles. The van der Waals surface area contributed by atoms with E-state index in [1.807, 2.05) is 0 Å². The van der Waals surface area contributed by atoms with E-state index in [1.165, 1.54) is 11.1 Å². The zero-order chi connectivity index (χ0) is 13.6. The quantitative estimate of drug-likeness (QED) is 0.472. The second-order valence-electron chi connectivity index (χ2n) is 5.51. The lowest BCUT2D eigenvalue weighted by Gasteiger charge is -2.20. The van der Waals surface area contributed by atoms with E-state index < -0.39 is 0 Å². The van der Waals surface area contributed by atoms with Crippen LogP contribution in [0.4, 0.5) is 0 Å². The molecular weight excluding hydrogens is 224 g/mol. The van der Waals surface area contributed by atoms with Gasteiger partial charge in [0.15, 0.2) is 5.96 Å². The maximum Gasteiger partial charge on any atom is 0.185 e. The van der Waals surface area contributed by atoms with E-state index in [4.69, 9.17) is 11.1 Å².